The van der Waals surface area contributed by atoms with Gasteiger partial charge in [-0.25, -0.2) is 0 Å². The van der Waals surface area contributed by atoms with Crippen molar-refractivity contribution in [3.63, 3.8) is 0 Å². The SMILES string of the molecule is CC(=O)CC(C)=O.[Ir+3].[c-]1cc(N(c2ccccc2)c2cc3ccccc3c3ccccc23)cc2c1c1ncc(-c3ccccc3)nc1c1ccc(N(c3ccccc3)c3cc4ccccc4c4ccccc34)cc21.[c-]1cc(N(c2ccccc2)c2cc3ccccc3c3ccccc23)cc2c1c1ncc(-c3ccccc3)nc1c1ccc(N(c3ccccc3)c3cc4ccccc4c4ccccc34)cc21. The summed E-state index contributed by atoms with van der Waals surface area (Å²) in [6.45, 7) is 2.81. The minimum atomic E-state index is -0.0625. The number of ketones is 2. The molecule has 26 rings (SSSR count). The van der Waals surface area contributed by atoms with Gasteiger partial charge < -0.3 is 29.6 Å². The van der Waals surface area contributed by atoms with Crippen LogP contribution < -0.4 is 19.6 Å². The van der Waals surface area contributed by atoms with Crippen molar-refractivity contribution >= 4 is 231 Å². The quantitative estimate of drug-likeness (QED) is 0.0528. The number of Topliss-reactive ketones (excluding diaryl/α,β-unsaturated/α-hetero) is 2. The number of fused-ring (bicyclic) bond motifs is 24. The molecule has 24 aromatic carbocycles. The first-order valence-electron chi connectivity index (χ1n) is 46.9. The largest absolute Gasteiger partial charge is 3.00 e. The maximum Gasteiger partial charge on any atom is 3.00 e. The maximum absolute atomic E-state index is 10.0. The molecular formula is C129H86IrN8O2+. The second-order valence-electron chi connectivity index (χ2n) is 35.3. The van der Waals surface area contributed by atoms with Crippen molar-refractivity contribution in [2.45, 2.75) is 20.3 Å². The van der Waals surface area contributed by atoms with E-state index in [-0.39, 0.29) is 38.1 Å². The van der Waals surface area contributed by atoms with E-state index in [4.69, 9.17) is 19.9 Å². The Morgan fingerprint density at radius 1 is 0.221 bits per heavy atom. The molecule has 0 saturated heterocycles. The van der Waals surface area contributed by atoms with Crippen molar-refractivity contribution in [1.82, 2.24) is 19.9 Å². The molecule has 0 aliphatic heterocycles. The molecule has 662 valence electrons. The van der Waals surface area contributed by atoms with Gasteiger partial charge in [-0.05, 0) is 208 Å². The minimum Gasteiger partial charge on any atom is -0.351 e. The van der Waals surface area contributed by atoms with Gasteiger partial charge in [-0.1, -0.05) is 350 Å². The average molecular weight is 1970 g/mol. The summed E-state index contributed by atoms with van der Waals surface area (Å²) in [5.74, 6) is -0.125. The molecule has 0 atom stereocenters. The first-order valence-corrected chi connectivity index (χ1v) is 46.9. The van der Waals surface area contributed by atoms with E-state index in [1.807, 2.05) is 48.8 Å². The van der Waals surface area contributed by atoms with E-state index in [0.29, 0.717) is 0 Å². The topological polar surface area (TPSA) is 98.7 Å². The van der Waals surface area contributed by atoms with E-state index in [0.717, 1.165) is 156 Å². The summed E-state index contributed by atoms with van der Waals surface area (Å²) in [6, 6.07) is 173. The third-order valence-corrected chi connectivity index (χ3v) is 26.6. The summed E-state index contributed by atoms with van der Waals surface area (Å²) >= 11 is 0. The molecule has 0 amide bonds. The second kappa shape index (κ2) is 37.2. The molecule has 0 spiro atoms. The molecule has 0 unspecified atom stereocenters. The van der Waals surface area contributed by atoms with Gasteiger partial charge in [0.05, 0.1) is 40.2 Å². The number of hydrogen-bond acceptors (Lipinski definition) is 10. The van der Waals surface area contributed by atoms with Crippen LogP contribution in [0.15, 0.2) is 473 Å². The molecule has 0 N–H and O–H groups in total. The van der Waals surface area contributed by atoms with Gasteiger partial charge in [0.2, 0.25) is 0 Å². The van der Waals surface area contributed by atoms with Gasteiger partial charge in [-0.2, -0.15) is 0 Å². The normalized spacial score (nSPS) is 11.4. The Balaban J connectivity index is 0.000000145. The molecule has 2 heterocycles. The van der Waals surface area contributed by atoms with Gasteiger partial charge in [-0.15, -0.1) is 47.2 Å². The molecular weight excluding hydrogens is 1890 g/mol. The average Bonchev–Trinajstić information content (AvgIpc) is 0.718. The van der Waals surface area contributed by atoms with Gasteiger partial charge in [0.15, 0.2) is 0 Å². The molecule has 0 saturated carbocycles. The van der Waals surface area contributed by atoms with Gasteiger partial charge in [0, 0.05) is 102 Å². The number of carbonyl (C=O) groups excluding carboxylic acids is 2. The Hall–Kier alpha value is -17.7. The predicted octanol–water partition coefficient (Wildman–Crippen LogP) is 34.5. The molecule has 2 aromatic heterocycles. The van der Waals surface area contributed by atoms with Crippen molar-refractivity contribution in [3.8, 4) is 22.5 Å². The first kappa shape index (κ1) is 86.4. The Morgan fingerprint density at radius 2 is 0.464 bits per heavy atom. The summed E-state index contributed by atoms with van der Waals surface area (Å²) < 4.78 is 0. The van der Waals surface area contributed by atoms with Crippen LogP contribution in [0.3, 0.4) is 0 Å². The molecule has 0 aliphatic rings. The van der Waals surface area contributed by atoms with E-state index in [2.05, 4.69) is 456 Å². The van der Waals surface area contributed by atoms with Gasteiger partial charge in [-0.3, -0.25) is 19.6 Å². The molecule has 0 radical (unpaired) electrons. The number of aromatic nitrogens is 4. The van der Waals surface area contributed by atoms with Crippen molar-refractivity contribution in [2.75, 3.05) is 19.6 Å². The summed E-state index contributed by atoms with van der Waals surface area (Å²) in [5, 5.41) is 27.3. The van der Waals surface area contributed by atoms with Crippen LogP contribution in [-0.2, 0) is 29.7 Å². The van der Waals surface area contributed by atoms with Crippen LogP contribution in [-0.4, -0.2) is 31.5 Å². The summed E-state index contributed by atoms with van der Waals surface area (Å²) in [5.41, 5.74) is 19.8. The zero-order chi connectivity index (χ0) is 93.0. The molecule has 0 bridgehead atoms. The third-order valence-electron chi connectivity index (χ3n) is 26.6. The van der Waals surface area contributed by atoms with Gasteiger partial charge in [0.25, 0.3) is 0 Å². The number of hydrogen-bond donors (Lipinski definition) is 0. The first-order chi connectivity index (χ1) is 68.6. The van der Waals surface area contributed by atoms with E-state index in [9.17, 15) is 9.59 Å². The third kappa shape index (κ3) is 15.9. The van der Waals surface area contributed by atoms with Gasteiger partial charge in [0.1, 0.15) is 11.6 Å². The van der Waals surface area contributed by atoms with Crippen LogP contribution >= 0.6 is 0 Å². The smallest absolute Gasteiger partial charge is 0.351 e. The Kier molecular flexibility index (Phi) is 22.9. The predicted molar refractivity (Wildman–Crippen MR) is 582 cm³/mol. The number of nitrogens with zero attached hydrogens (tertiary/aromatic N) is 8. The maximum atomic E-state index is 10.0. The summed E-state index contributed by atoms with van der Waals surface area (Å²) in [6.07, 6.45) is 3.89. The molecule has 140 heavy (non-hydrogen) atoms. The van der Waals surface area contributed by atoms with Crippen LogP contribution in [0.5, 0.6) is 0 Å². The number of rotatable bonds is 16. The number of para-hydroxylation sites is 4. The zero-order valence-corrected chi connectivity index (χ0v) is 78.9. The van der Waals surface area contributed by atoms with E-state index >= 15 is 0 Å². The number of benzene rings is 24. The second-order valence-corrected chi connectivity index (χ2v) is 35.3. The fourth-order valence-corrected chi connectivity index (χ4v) is 20.5. The Morgan fingerprint density at radius 3 is 0.743 bits per heavy atom. The van der Waals surface area contributed by atoms with Crippen molar-refractivity contribution in [2.24, 2.45) is 0 Å². The number of carbonyl (C=O) groups is 2. The summed E-state index contributed by atoms with van der Waals surface area (Å²) in [7, 11) is 0. The van der Waals surface area contributed by atoms with E-state index in [1.165, 1.54) is 100 Å². The van der Waals surface area contributed by atoms with Crippen LogP contribution in [0.25, 0.3) is 174 Å². The van der Waals surface area contributed by atoms with Crippen molar-refractivity contribution in [1.29, 1.82) is 0 Å². The molecule has 0 aliphatic carbocycles. The Labute approximate surface area is 822 Å². The minimum absolute atomic E-state index is 0. The van der Waals surface area contributed by atoms with Crippen molar-refractivity contribution < 1.29 is 29.7 Å². The van der Waals surface area contributed by atoms with Crippen LogP contribution in [0.1, 0.15) is 20.3 Å². The standard InChI is InChI=1S/2C62H39N4.C5H8O2.Ir/c2*1-4-18-41(19-5-1)58-40-63-61-54-34-32-46(65(44-22-6-2-7-23-44)59-36-42-20-10-12-26-48(42)50-28-14-16-30-52(50)59)38-56(54)57-39-47(33-35-55(57)62(61)64-58)66(45-24-8-3-9-25-45)60-37-43-21-11-13-27-49(43)51-29-15-17-31-53(51)60;1-4(6)3-5(2)7;/h2*1-33,35-40H;3H2,1-2H3;/q2*-1;;+3. The fraction of sp³-hybridized carbons (Fsp3) is 0.0233. The van der Waals surface area contributed by atoms with E-state index < -0.39 is 0 Å². The Bertz CT molecular complexity index is 8810. The van der Waals surface area contributed by atoms with Crippen LogP contribution in [0.4, 0.5) is 68.2 Å². The summed E-state index contributed by atoms with van der Waals surface area (Å²) in [4.78, 5) is 50.8. The number of anilines is 12. The molecule has 26 aromatic rings. The molecule has 11 heteroatoms. The van der Waals surface area contributed by atoms with Crippen molar-refractivity contribution in [3.05, 3.63) is 486 Å². The van der Waals surface area contributed by atoms with Gasteiger partial charge >= 0.3 is 20.1 Å². The van der Waals surface area contributed by atoms with E-state index in [1.54, 1.807) is 0 Å². The zero-order valence-electron chi connectivity index (χ0n) is 76.5. The van der Waals surface area contributed by atoms with Crippen LogP contribution in [0.2, 0.25) is 0 Å². The molecule has 0 fully saturated rings. The van der Waals surface area contributed by atoms with Crippen LogP contribution in [0, 0.1) is 12.1 Å². The monoisotopic (exact) mass is 1970 g/mol. The fourth-order valence-electron chi connectivity index (χ4n) is 20.5. The molecule has 10 nitrogen and oxygen atoms in total.